The number of carbonyl (C=O) groups excluding carboxylic acids is 1. The van der Waals surface area contributed by atoms with Crippen molar-refractivity contribution in [3.63, 3.8) is 0 Å². The third-order valence-corrected chi connectivity index (χ3v) is 2.80. The molecule has 0 aliphatic rings. The van der Waals surface area contributed by atoms with E-state index in [-0.39, 0.29) is 0 Å². The molecule has 7 nitrogen and oxygen atoms in total. The second-order valence-corrected chi connectivity index (χ2v) is 5.03. The minimum Gasteiger partial charge on any atom is -0.652 e. The first kappa shape index (κ1) is 23.5. The van der Waals surface area contributed by atoms with Crippen molar-refractivity contribution in [1.82, 2.24) is 0 Å². The van der Waals surface area contributed by atoms with Gasteiger partial charge in [-0.25, -0.2) is 0 Å². The molecule has 6 N–H and O–H groups in total. The van der Waals surface area contributed by atoms with Gasteiger partial charge in [0.05, 0.1) is 39.5 Å². The van der Waals surface area contributed by atoms with Crippen molar-refractivity contribution in [1.29, 1.82) is 0 Å². The Hall–Kier alpha value is -2.45. The van der Waals surface area contributed by atoms with Gasteiger partial charge in [-0.05, 0) is 17.3 Å². The van der Waals surface area contributed by atoms with Gasteiger partial charge in [-0.2, -0.15) is 0 Å². The van der Waals surface area contributed by atoms with Crippen LogP contribution in [0.15, 0.2) is 60.7 Å². The van der Waals surface area contributed by atoms with Crippen LogP contribution >= 0.6 is 0 Å². The zero-order valence-corrected chi connectivity index (χ0v) is 15.0. The summed E-state index contributed by atoms with van der Waals surface area (Å²) in [6.45, 7) is 4.58. The first-order valence-electron chi connectivity index (χ1n) is 8.30. The standard InChI is InChI=1S/2C9H13NO.CH2O3/c2*10-6-7-11-8-9-4-2-1-3-5-9;2-1(3)4/h2*1-5H,6-8,10H2;(H2,2,3,4). The molecule has 0 saturated carbocycles. The SMILES string of the molecule is O=C([O-])[O-].[NH3+]CCOCc1ccccc1.[NH3+]CCOCc1ccccc1. The normalized spacial score (nSPS) is 9.31. The van der Waals surface area contributed by atoms with E-state index in [0.717, 1.165) is 26.3 Å². The first-order valence-corrected chi connectivity index (χ1v) is 8.30. The largest absolute Gasteiger partial charge is 0.652 e. The lowest BCUT2D eigenvalue weighted by molar-refractivity contribution is -0.415. The highest BCUT2D eigenvalue weighted by molar-refractivity contribution is 5.47. The highest BCUT2D eigenvalue weighted by atomic mass is 16.6. The quantitative estimate of drug-likeness (QED) is 0.546. The van der Waals surface area contributed by atoms with Crippen molar-refractivity contribution < 1.29 is 35.9 Å². The molecule has 26 heavy (non-hydrogen) atoms. The maximum atomic E-state index is 8.33. The van der Waals surface area contributed by atoms with Crippen LogP contribution in [0.2, 0.25) is 0 Å². The minimum absolute atomic E-state index is 0.705. The van der Waals surface area contributed by atoms with Gasteiger partial charge in [-0.15, -0.1) is 0 Å². The summed E-state index contributed by atoms with van der Waals surface area (Å²) < 4.78 is 10.6. The van der Waals surface area contributed by atoms with Gasteiger partial charge < -0.3 is 35.9 Å². The van der Waals surface area contributed by atoms with Gasteiger partial charge in [-0.3, -0.25) is 0 Å². The van der Waals surface area contributed by atoms with Gasteiger partial charge in [0.2, 0.25) is 0 Å². The molecule has 0 saturated heterocycles. The molecule has 0 fully saturated rings. The lowest BCUT2D eigenvalue weighted by Crippen LogP contribution is -2.52. The molecule has 0 aliphatic carbocycles. The van der Waals surface area contributed by atoms with Gasteiger partial charge in [0.15, 0.2) is 0 Å². The molecule has 0 unspecified atom stereocenters. The lowest BCUT2D eigenvalue weighted by atomic mass is 10.2. The molecule has 2 rings (SSSR count). The molecular formula is C19H28N2O5. The van der Waals surface area contributed by atoms with Crippen LogP contribution in [0.5, 0.6) is 0 Å². The molecule has 0 radical (unpaired) electrons. The van der Waals surface area contributed by atoms with Crippen LogP contribution in [0.25, 0.3) is 0 Å². The number of hydrogen-bond acceptors (Lipinski definition) is 5. The number of carbonyl (C=O) groups is 1. The van der Waals surface area contributed by atoms with Crippen LogP contribution < -0.4 is 21.7 Å². The molecule has 0 aliphatic heterocycles. The zero-order valence-electron chi connectivity index (χ0n) is 15.0. The van der Waals surface area contributed by atoms with Crippen LogP contribution in [-0.2, 0) is 22.7 Å². The molecule has 0 atom stereocenters. The van der Waals surface area contributed by atoms with E-state index in [0.29, 0.717) is 13.2 Å². The number of hydrogen-bond donors (Lipinski definition) is 2. The van der Waals surface area contributed by atoms with E-state index in [2.05, 4.69) is 35.7 Å². The van der Waals surface area contributed by atoms with Crippen molar-refractivity contribution in [2.24, 2.45) is 0 Å². The monoisotopic (exact) mass is 364 g/mol. The predicted octanol–water partition coefficient (Wildman–Crippen LogP) is -1.56. The molecule has 7 heteroatoms. The Bertz CT molecular complexity index is 503. The molecule has 0 heterocycles. The fourth-order valence-electron chi connectivity index (χ4n) is 1.73. The third-order valence-electron chi connectivity index (χ3n) is 2.80. The summed E-state index contributed by atoms with van der Waals surface area (Å²) in [6, 6.07) is 20.3. The predicted molar refractivity (Wildman–Crippen MR) is 93.1 cm³/mol. The Morgan fingerprint density at radius 3 is 1.31 bits per heavy atom. The van der Waals surface area contributed by atoms with E-state index in [1.54, 1.807) is 0 Å². The fourth-order valence-corrected chi connectivity index (χ4v) is 1.73. The molecule has 0 bridgehead atoms. The number of rotatable bonds is 8. The summed E-state index contributed by atoms with van der Waals surface area (Å²) in [4.78, 5) is 8.33. The second-order valence-electron chi connectivity index (χ2n) is 5.03. The van der Waals surface area contributed by atoms with Crippen LogP contribution in [0, 0.1) is 0 Å². The molecule has 2 aromatic carbocycles. The Kier molecular flexibility index (Phi) is 15.7. The summed E-state index contributed by atoms with van der Waals surface area (Å²) in [6.07, 6.45) is -2.33. The van der Waals surface area contributed by atoms with E-state index in [1.165, 1.54) is 11.1 Å². The molecule has 2 aromatic rings. The highest BCUT2D eigenvalue weighted by Gasteiger charge is 1.90. The average Bonchev–Trinajstić information content (AvgIpc) is 2.64. The third kappa shape index (κ3) is 16.4. The highest BCUT2D eigenvalue weighted by Crippen LogP contribution is 2.00. The Morgan fingerprint density at radius 2 is 1.04 bits per heavy atom. The lowest BCUT2D eigenvalue weighted by Gasteiger charge is -1.99. The fraction of sp³-hybridized carbons (Fsp3) is 0.316. The summed E-state index contributed by atoms with van der Waals surface area (Å²) in [5.74, 6) is 0. The van der Waals surface area contributed by atoms with Crippen molar-refractivity contribution in [2.75, 3.05) is 26.3 Å². The Labute approximate surface area is 154 Å². The van der Waals surface area contributed by atoms with Crippen LogP contribution in [0.1, 0.15) is 11.1 Å². The minimum atomic E-state index is -2.33. The van der Waals surface area contributed by atoms with Crippen molar-refractivity contribution >= 4 is 6.16 Å². The van der Waals surface area contributed by atoms with E-state index < -0.39 is 6.16 Å². The Balaban J connectivity index is 0.000000401. The maximum Gasteiger partial charge on any atom is 0.0977 e. The van der Waals surface area contributed by atoms with Crippen molar-refractivity contribution in [3.8, 4) is 0 Å². The Morgan fingerprint density at radius 1 is 0.731 bits per heavy atom. The van der Waals surface area contributed by atoms with Gasteiger partial charge in [0, 0.05) is 0 Å². The van der Waals surface area contributed by atoms with E-state index in [1.807, 2.05) is 36.4 Å². The van der Waals surface area contributed by atoms with Crippen LogP contribution in [0.4, 0.5) is 4.79 Å². The van der Waals surface area contributed by atoms with E-state index in [9.17, 15) is 0 Å². The summed E-state index contributed by atoms with van der Waals surface area (Å²) in [5, 5.41) is 16.7. The molecular weight excluding hydrogens is 336 g/mol. The topological polar surface area (TPSA) is 137 Å². The van der Waals surface area contributed by atoms with Gasteiger partial charge in [-0.1, -0.05) is 60.7 Å². The molecule has 0 amide bonds. The summed E-state index contributed by atoms with van der Waals surface area (Å²) in [5.41, 5.74) is 9.83. The van der Waals surface area contributed by atoms with Crippen LogP contribution in [0.3, 0.4) is 0 Å². The van der Waals surface area contributed by atoms with E-state index >= 15 is 0 Å². The van der Waals surface area contributed by atoms with Crippen molar-refractivity contribution in [2.45, 2.75) is 13.2 Å². The smallest absolute Gasteiger partial charge is 0.0977 e. The molecule has 0 aromatic heterocycles. The van der Waals surface area contributed by atoms with Gasteiger partial charge in [0.1, 0.15) is 0 Å². The number of quaternary nitrogens is 2. The first-order chi connectivity index (χ1) is 12.6. The average molecular weight is 364 g/mol. The number of carboxylic acid groups (broad SMARTS) is 2. The van der Waals surface area contributed by atoms with Crippen LogP contribution in [-0.4, -0.2) is 32.5 Å². The molecule has 144 valence electrons. The van der Waals surface area contributed by atoms with Crippen molar-refractivity contribution in [3.05, 3.63) is 71.8 Å². The number of ether oxygens (including phenoxy) is 2. The van der Waals surface area contributed by atoms with Gasteiger partial charge in [0.25, 0.3) is 0 Å². The zero-order chi connectivity index (χ0) is 19.5. The van der Waals surface area contributed by atoms with E-state index in [4.69, 9.17) is 24.5 Å². The molecule has 0 spiro atoms. The maximum absolute atomic E-state index is 8.33. The summed E-state index contributed by atoms with van der Waals surface area (Å²) in [7, 11) is 0. The second kappa shape index (κ2) is 17.4. The van der Waals surface area contributed by atoms with Gasteiger partial charge >= 0.3 is 0 Å². The number of benzene rings is 2. The summed E-state index contributed by atoms with van der Waals surface area (Å²) >= 11 is 0.